The molecule has 1 rings (SSSR count). The maximum absolute atomic E-state index is 11.6. The van der Waals surface area contributed by atoms with Gasteiger partial charge in [-0.25, -0.2) is 0 Å². The van der Waals surface area contributed by atoms with Crippen LogP contribution in [-0.2, 0) is 14.3 Å². The Labute approximate surface area is 124 Å². The van der Waals surface area contributed by atoms with Gasteiger partial charge >= 0.3 is 0 Å². The smallest absolute Gasteiger partial charge is 0.250 e. The number of carbonyl (C=O) groups excluding carboxylic acids is 2. The van der Waals surface area contributed by atoms with Gasteiger partial charge in [-0.1, -0.05) is 12.1 Å². The third-order valence-corrected chi connectivity index (χ3v) is 2.75. The van der Waals surface area contributed by atoms with Crippen molar-refractivity contribution in [1.82, 2.24) is 4.90 Å². The van der Waals surface area contributed by atoms with Crippen LogP contribution in [0.3, 0.4) is 0 Å². The molecule has 0 aliphatic rings. The Kier molecular flexibility index (Phi) is 6.92. The number of aryl methyl sites for hydroxylation is 1. The molecule has 0 aromatic heterocycles. The van der Waals surface area contributed by atoms with Crippen LogP contribution in [0.1, 0.15) is 12.0 Å². The number of nitrogens with zero attached hydrogens (tertiary/aromatic N) is 2. The number of nitriles is 1. The predicted octanol–water partition coefficient (Wildman–Crippen LogP) is 1.32. The Hall–Kier alpha value is -2.39. The summed E-state index contributed by atoms with van der Waals surface area (Å²) in [5.41, 5.74) is 1.74. The quantitative estimate of drug-likeness (QED) is 0.820. The standard InChI is InChI=1S/C15H19N3O3/c1-12-5-3-6-13(9-12)17-14(19)10-21-11-15(20)18(2)8-4-7-16/h3,5-6,9H,4,8,10-11H2,1-2H3,(H,17,19). The molecule has 0 aliphatic heterocycles. The van der Waals surface area contributed by atoms with Crippen molar-refractivity contribution in [3.8, 4) is 6.07 Å². The first kappa shape index (κ1) is 16.7. The fourth-order valence-corrected chi connectivity index (χ4v) is 1.60. The molecule has 0 saturated carbocycles. The van der Waals surface area contributed by atoms with Gasteiger partial charge in [0.05, 0.1) is 12.5 Å². The fourth-order valence-electron chi connectivity index (χ4n) is 1.60. The lowest BCUT2D eigenvalue weighted by atomic mass is 10.2. The summed E-state index contributed by atoms with van der Waals surface area (Å²) in [6, 6.07) is 9.37. The number of hydrogen-bond donors (Lipinski definition) is 1. The first-order valence-electron chi connectivity index (χ1n) is 6.58. The Balaban J connectivity index is 2.27. The molecule has 0 heterocycles. The summed E-state index contributed by atoms with van der Waals surface area (Å²) in [7, 11) is 1.59. The summed E-state index contributed by atoms with van der Waals surface area (Å²) in [6.07, 6.45) is 0.274. The second-order valence-electron chi connectivity index (χ2n) is 4.63. The first-order chi connectivity index (χ1) is 10.0. The van der Waals surface area contributed by atoms with Gasteiger partial charge in [0.15, 0.2) is 0 Å². The van der Waals surface area contributed by atoms with Crippen LogP contribution in [0.2, 0.25) is 0 Å². The highest BCUT2D eigenvalue weighted by molar-refractivity contribution is 5.91. The van der Waals surface area contributed by atoms with Crippen molar-refractivity contribution in [2.24, 2.45) is 0 Å². The number of likely N-dealkylation sites (N-methyl/N-ethyl adjacent to an activating group) is 1. The Bertz CT molecular complexity index is 537. The van der Waals surface area contributed by atoms with Crippen molar-refractivity contribution in [1.29, 1.82) is 5.26 Å². The van der Waals surface area contributed by atoms with Crippen molar-refractivity contribution >= 4 is 17.5 Å². The maximum Gasteiger partial charge on any atom is 0.250 e. The van der Waals surface area contributed by atoms with Gasteiger partial charge in [-0.15, -0.1) is 0 Å². The molecule has 1 N–H and O–H groups in total. The largest absolute Gasteiger partial charge is 0.362 e. The van der Waals surface area contributed by atoms with Gasteiger partial charge in [-0.05, 0) is 24.6 Å². The zero-order chi connectivity index (χ0) is 15.7. The fraction of sp³-hybridized carbons (Fsp3) is 0.400. The number of hydrogen-bond acceptors (Lipinski definition) is 4. The lowest BCUT2D eigenvalue weighted by Gasteiger charge is -2.15. The average molecular weight is 289 g/mol. The number of ether oxygens (including phenoxy) is 1. The van der Waals surface area contributed by atoms with Crippen LogP contribution in [0.25, 0.3) is 0 Å². The topological polar surface area (TPSA) is 82.4 Å². The van der Waals surface area contributed by atoms with E-state index in [2.05, 4.69) is 5.32 Å². The van der Waals surface area contributed by atoms with E-state index in [0.717, 1.165) is 5.56 Å². The summed E-state index contributed by atoms with van der Waals surface area (Å²) in [6.45, 7) is 1.92. The van der Waals surface area contributed by atoms with Crippen LogP contribution in [0.5, 0.6) is 0 Å². The number of amides is 2. The zero-order valence-electron chi connectivity index (χ0n) is 12.3. The number of benzene rings is 1. The number of carbonyl (C=O) groups is 2. The van der Waals surface area contributed by atoms with E-state index in [9.17, 15) is 9.59 Å². The zero-order valence-corrected chi connectivity index (χ0v) is 12.3. The van der Waals surface area contributed by atoms with Crippen LogP contribution in [0.15, 0.2) is 24.3 Å². The summed E-state index contributed by atoms with van der Waals surface area (Å²) in [5, 5.41) is 11.1. The van der Waals surface area contributed by atoms with Crippen LogP contribution in [-0.4, -0.2) is 43.5 Å². The van der Waals surface area contributed by atoms with Crippen molar-refractivity contribution in [3.63, 3.8) is 0 Å². The molecule has 0 atom stereocenters. The molecule has 0 bridgehead atoms. The van der Waals surface area contributed by atoms with E-state index in [1.54, 1.807) is 13.1 Å². The van der Waals surface area contributed by atoms with Gasteiger partial charge in [-0.2, -0.15) is 5.26 Å². The van der Waals surface area contributed by atoms with Gasteiger partial charge < -0.3 is 15.0 Å². The molecule has 0 fully saturated rings. The van der Waals surface area contributed by atoms with Crippen molar-refractivity contribution in [2.45, 2.75) is 13.3 Å². The van der Waals surface area contributed by atoms with E-state index < -0.39 is 0 Å². The normalized spacial score (nSPS) is 9.76. The van der Waals surface area contributed by atoms with Crippen LogP contribution in [0.4, 0.5) is 5.69 Å². The van der Waals surface area contributed by atoms with Crippen LogP contribution < -0.4 is 5.32 Å². The number of nitrogens with one attached hydrogen (secondary N) is 1. The monoisotopic (exact) mass is 289 g/mol. The van der Waals surface area contributed by atoms with E-state index in [1.165, 1.54) is 4.90 Å². The second kappa shape index (κ2) is 8.72. The van der Waals surface area contributed by atoms with E-state index >= 15 is 0 Å². The molecule has 0 unspecified atom stereocenters. The van der Waals surface area contributed by atoms with Crippen molar-refractivity contribution in [2.75, 3.05) is 32.1 Å². The summed E-state index contributed by atoms with van der Waals surface area (Å²) >= 11 is 0. The van der Waals surface area contributed by atoms with Crippen molar-refractivity contribution in [3.05, 3.63) is 29.8 Å². The van der Waals surface area contributed by atoms with E-state index in [4.69, 9.17) is 10.00 Å². The number of rotatable bonds is 7. The minimum atomic E-state index is -0.312. The Morgan fingerprint density at radius 1 is 1.38 bits per heavy atom. The highest BCUT2D eigenvalue weighted by Crippen LogP contribution is 2.09. The lowest BCUT2D eigenvalue weighted by molar-refractivity contribution is -0.136. The van der Waals surface area contributed by atoms with Gasteiger partial charge in [0, 0.05) is 19.3 Å². The second-order valence-corrected chi connectivity index (χ2v) is 4.63. The molecule has 6 nitrogen and oxygen atoms in total. The highest BCUT2D eigenvalue weighted by Gasteiger charge is 2.10. The van der Waals surface area contributed by atoms with E-state index in [0.29, 0.717) is 12.2 Å². The van der Waals surface area contributed by atoms with Gasteiger partial charge in [-0.3, -0.25) is 9.59 Å². The Morgan fingerprint density at radius 3 is 2.81 bits per heavy atom. The summed E-state index contributed by atoms with van der Waals surface area (Å²) in [4.78, 5) is 24.6. The molecule has 0 spiro atoms. The lowest BCUT2D eigenvalue weighted by Crippen LogP contribution is -2.32. The van der Waals surface area contributed by atoms with Gasteiger partial charge in [0.2, 0.25) is 11.8 Å². The molecule has 0 saturated heterocycles. The highest BCUT2D eigenvalue weighted by atomic mass is 16.5. The molecule has 2 amide bonds. The third kappa shape index (κ3) is 6.54. The van der Waals surface area contributed by atoms with Gasteiger partial charge in [0.25, 0.3) is 0 Å². The molecule has 1 aromatic carbocycles. The number of anilines is 1. The van der Waals surface area contributed by atoms with Crippen molar-refractivity contribution < 1.29 is 14.3 Å². The summed E-state index contributed by atoms with van der Waals surface area (Å²) in [5.74, 6) is -0.568. The molecule has 112 valence electrons. The SMILES string of the molecule is Cc1cccc(NC(=O)COCC(=O)N(C)CCC#N)c1. The van der Waals surface area contributed by atoms with Crippen LogP contribution in [0, 0.1) is 18.3 Å². The van der Waals surface area contributed by atoms with Gasteiger partial charge in [0.1, 0.15) is 13.2 Å². The molecule has 21 heavy (non-hydrogen) atoms. The van der Waals surface area contributed by atoms with E-state index in [1.807, 2.05) is 31.2 Å². The van der Waals surface area contributed by atoms with Crippen LogP contribution >= 0.6 is 0 Å². The molecule has 0 aliphatic carbocycles. The molecule has 0 radical (unpaired) electrons. The predicted molar refractivity (Wildman–Crippen MR) is 78.5 cm³/mol. The average Bonchev–Trinajstić information content (AvgIpc) is 2.44. The minimum absolute atomic E-state index is 0.177. The summed E-state index contributed by atoms with van der Waals surface area (Å²) < 4.78 is 5.07. The Morgan fingerprint density at radius 2 is 2.14 bits per heavy atom. The third-order valence-electron chi connectivity index (χ3n) is 2.75. The maximum atomic E-state index is 11.6. The molecular weight excluding hydrogens is 270 g/mol. The molecular formula is C15H19N3O3. The van der Waals surface area contributed by atoms with E-state index in [-0.39, 0.29) is 31.4 Å². The molecule has 6 heteroatoms. The molecule has 1 aromatic rings. The minimum Gasteiger partial charge on any atom is -0.362 e. The first-order valence-corrected chi connectivity index (χ1v) is 6.58.